The van der Waals surface area contributed by atoms with Gasteiger partial charge < -0.3 is 5.32 Å². The van der Waals surface area contributed by atoms with Gasteiger partial charge in [-0.1, -0.05) is 30.4 Å². The summed E-state index contributed by atoms with van der Waals surface area (Å²) in [6, 6.07) is 8.32. The summed E-state index contributed by atoms with van der Waals surface area (Å²) in [5.41, 5.74) is 2.37. The van der Waals surface area contributed by atoms with Crippen LogP contribution in [0.2, 0.25) is 0 Å². The molecule has 0 saturated heterocycles. The number of aromatic nitrogens is 2. The van der Waals surface area contributed by atoms with Gasteiger partial charge in [0.05, 0.1) is 0 Å². The van der Waals surface area contributed by atoms with Gasteiger partial charge in [-0.15, -0.1) is 10.2 Å². The van der Waals surface area contributed by atoms with Gasteiger partial charge >= 0.3 is 0 Å². The first kappa shape index (κ1) is 10.6. The second-order valence-electron chi connectivity index (χ2n) is 3.04. The fourth-order valence-electron chi connectivity index (χ4n) is 1.20. The smallest absolute Gasteiger partial charge is 0.210 e. The van der Waals surface area contributed by atoms with E-state index in [1.54, 1.807) is 0 Å². The summed E-state index contributed by atoms with van der Waals surface area (Å²) in [7, 11) is 0. The number of hydrogen-bond acceptors (Lipinski definition) is 4. The molecule has 2 rings (SSSR count). The Kier molecular flexibility index (Phi) is 3.33. The molecule has 1 heterocycles. The van der Waals surface area contributed by atoms with E-state index in [4.69, 9.17) is 0 Å². The topological polar surface area (TPSA) is 37.8 Å². The summed E-state index contributed by atoms with van der Waals surface area (Å²) < 4.78 is 0.787. The van der Waals surface area contributed by atoms with Crippen LogP contribution >= 0.6 is 27.3 Å². The lowest BCUT2D eigenvalue weighted by atomic mass is 10.1. The molecule has 0 spiro atoms. The van der Waals surface area contributed by atoms with E-state index in [0.717, 1.165) is 21.2 Å². The maximum Gasteiger partial charge on any atom is 0.210 e. The molecule has 78 valence electrons. The van der Waals surface area contributed by atoms with E-state index in [1.807, 2.05) is 12.1 Å². The van der Waals surface area contributed by atoms with Crippen LogP contribution in [0.1, 0.15) is 12.5 Å². The van der Waals surface area contributed by atoms with Crippen LogP contribution in [0.4, 0.5) is 10.8 Å². The van der Waals surface area contributed by atoms with Gasteiger partial charge in [0, 0.05) is 5.69 Å². The number of nitrogens with zero attached hydrogens (tertiary/aromatic N) is 2. The van der Waals surface area contributed by atoms with Gasteiger partial charge in [-0.05, 0) is 40.0 Å². The summed E-state index contributed by atoms with van der Waals surface area (Å²) >= 11 is 4.75. The van der Waals surface area contributed by atoms with Crippen molar-refractivity contribution >= 4 is 38.1 Å². The highest BCUT2D eigenvalue weighted by Gasteiger charge is 2.00. The number of hydrogen-bond donors (Lipinski definition) is 1. The van der Waals surface area contributed by atoms with E-state index in [9.17, 15) is 0 Å². The van der Waals surface area contributed by atoms with E-state index in [1.165, 1.54) is 16.9 Å². The average Bonchev–Trinajstić information content (AvgIpc) is 2.65. The van der Waals surface area contributed by atoms with Crippen LogP contribution in [0.25, 0.3) is 0 Å². The summed E-state index contributed by atoms with van der Waals surface area (Å²) in [5.74, 6) is 0. The largest absolute Gasteiger partial charge is 0.330 e. The molecule has 5 heteroatoms. The molecule has 15 heavy (non-hydrogen) atoms. The summed E-state index contributed by atoms with van der Waals surface area (Å²) in [4.78, 5) is 0. The minimum absolute atomic E-state index is 0.787. The Hall–Kier alpha value is -0.940. The van der Waals surface area contributed by atoms with Crippen molar-refractivity contribution in [2.24, 2.45) is 0 Å². The van der Waals surface area contributed by atoms with E-state index in [0.29, 0.717) is 0 Å². The second-order valence-corrected chi connectivity index (χ2v) is 5.29. The third-order valence-electron chi connectivity index (χ3n) is 2.01. The van der Waals surface area contributed by atoms with Crippen molar-refractivity contribution in [2.45, 2.75) is 13.3 Å². The predicted octanol–water partition coefficient (Wildman–Crippen LogP) is 3.61. The fraction of sp³-hybridized carbons (Fsp3) is 0.200. The molecule has 0 aliphatic rings. The lowest BCUT2D eigenvalue weighted by Crippen LogP contribution is -1.89. The van der Waals surface area contributed by atoms with Crippen LogP contribution in [0, 0.1) is 0 Å². The average molecular weight is 284 g/mol. The molecule has 0 atom stereocenters. The van der Waals surface area contributed by atoms with Crippen molar-refractivity contribution in [3.63, 3.8) is 0 Å². The number of aryl methyl sites for hydroxylation is 1. The van der Waals surface area contributed by atoms with E-state index in [-0.39, 0.29) is 0 Å². The monoisotopic (exact) mass is 283 g/mol. The molecule has 0 unspecified atom stereocenters. The lowest BCUT2D eigenvalue weighted by molar-refractivity contribution is 1.07. The summed E-state index contributed by atoms with van der Waals surface area (Å²) in [6.45, 7) is 2.14. The highest BCUT2D eigenvalue weighted by molar-refractivity contribution is 9.11. The normalized spacial score (nSPS) is 10.3. The first-order valence-electron chi connectivity index (χ1n) is 4.63. The lowest BCUT2D eigenvalue weighted by Gasteiger charge is -2.02. The molecule has 0 aliphatic heterocycles. The molecule has 0 bridgehead atoms. The highest BCUT2D eigenvalue weighted by atomic mass is 79.9. The van der Waals surface area contributed by atoms with Gasteiger partial charge in [0.2, 0.25) is 5.13 Å². The zero-order valence-corrected chi connectivity index (χ0v) is 10.6. The molecule has 0 aliphatic carbocycles. The minimum Gasteiger partial charge on any atom is -0.330 e. The molecule has 1 aromatic carbocycles. The molecule has 2 aromatic rings. The zero-order chi connectivity index (χ0) is 10.7. The van der Waals surface area contributed by atoms with Crippen molar-refractivity contribution < 1.29 is 0 Å². The van der Waals surface area contributed by atoms with Crippen molar-refractivity contribution in [1.82, 2.24) is 10.2 Å². The van der Waals surface area contributed by atoms with Crippen molar-refractivity contribution in [2.75, 3.05) is 5.32 Å². The maximum atomic E-state index is 3.96. The SMILES string of the molecule is CCc1ccc(Nc2nnc(Br)s2)cc1. The summed E-state index contributed by atoms with van der Waals surface area (Å²) in [6.07, 6.45) is 1.06. The second kappa shape index (κ2) is 4.72. The van der Waals surface area contributed by atoms with Gasteiger partial charge in [-0.2, -0.15) is 0 Å². The van der Waals surface area contributed by atoms with Gasteiger partial charge in [0.25, 0.3) is 0 Å². The molecule has 3 nitrogen and oxygen atoms in total. The van der Waals surface area contributed by atoms with E-state index >= 15 is 0 Å². The Morgan fingerprint density at radius 3 is 2.53 bits per heavy atom. The Balaban J connectivity index is 2.11. The fourth-order valence-corrected chi connectivity index (χ4v) is 2.23. The molecular weight excluding hydrogens is 274 g/mol. The van der Waals surface area contributed by atoms with E-state index < -0.39 is 0 Å². The number of rotatable bonds is 3. The number of nitrogens with one attached hydrogen (secondary N) is 1. The maximum absolute atomic E-state index is 3.96. The number of halogens is 1. The Bertz CT molecular complexity index is 438. The van der Waals surface area contributed by atoms with Gasteiger partial charge in [-0.25, -0.2) is 0 Å². The van der Waals surface area contributed by atoms with Crippen LogP contribution in [0.5, 0.6) is 0 Å². The number of anilines is 2. The first-order chi connectivity index (χ1) is 7.28. The quantitative estimate of drug-likeness (QED) is 0.935. The third-order valence-corrected chi connectivity index (χ3v) is 3.29. The Labute approximate surface area is 101 Å². The zero-order valence-electron chi connectivity index (χ0n) is 8.20. The standard InChI is InChI=1S/C10H10BrN3S/c1-2-7-3-5-8(6-4-7)12-10-14-13-9(11)15-10/h3-6H,2H2,1H3,(H,12,14). The third kappa shape index (κ3) is 2.76. The van der Waals surface area contributed by atoms with Crippen LogP contribution in [-0.4, -0.2) is 10.2 Å². The number of benzene rings is 1. The van der Waals surface area contributed by atoms with Gasteiger partial charge in [-0.3, -0.25) is 0 Å². The minimum atomic E-state index is 0.787. The van der Waals surface area contributed by atoms with E-state index in [2.05, 4.69) is 50.5 Å². The molecule has 0 amide bonds. The highest BCUT2D eigenvalue weighted by Crippen LogP contribution is 2.23. The van der Waals surface area contributed by atoms with Crippen LogP contribution in [-0.2, 0) is 6.42 Å². The van der Waals surface area contributed by atoms with Crippen molar-refractivity contribution in [3.05, 3.63) is 33.7 Å². The van der Waals surface area contributed by atoms with Gasteiger partial charge in [0.15, 0.2) is 3.92 Å². The molecule has 0 radical (unpaired) electrons. The molecule has 0 fully saturated rings. The van der Waals surface area contributed by atoms with Crippen molar-refractivity contribution in [1.29, 1.82) is 0 Å². The van der Waals surface area contributed by atoms with Crippen LogP contribution in [0.3, 0.4) is 0 Å². The summed E-state index contributed by atoms with van der Waals surface area (Å²) in [5, 5.41) is 11.8. The molecular formula is C10H10BrN3S. The Morgan fingerprint density at radius 2 is 2.00 bits per heavy atom. The predicted molar refractivity (Wildman–Crippen MR) is 66.7 cm³/mol. The molecule has 1 aromatic heterocycles. The van der Waals surface area contributed by atoms with Crippen molar-refractivity contribution in [3.8, 4) is 0 Å². The molecule has 1 N–H and O–H groups in total. The molecule has 0 saturated carbocycles. The Morgan fingerprint density at radius 1 is 1.27 bits per heavy atom. The van der Waals surface area contributed by atoms with Crippen LogP contribution in [0.15, 0.2) is 28.2 Å². The van der Waals surface area contributed by atoms with Crippen LogP contribution < -0.4 is 5.32 Å². The first-order valence-corrected chi connectivity index (χ1v) is 6.24. The van der Waals surface area contributed by atoms with Gasteiger partial charge in [0.1, 0.15) is 0 Å².